The van der Waals surface area contributed by atoms with Gasteiger partial charge in [0.05, 0.1) is 11.1 Å². The molecule has 0 aliphatic carbocycles. The summed E-state index contributed by atoms with van der Waals surface area (Å²) in [7, 11) is 0. The van der Waals surface area contributed by atoms with Crippen molar-refractivity contribution in [2.45, 2.75) is 31.5 Å². The van der Waals surface area contributed by atoms with E-state index in [4.69, 9.17) is 22.1 Å². The Bertz CT molecular complexity index is 492. The Hall–Kier alpha value is -1.15. The zero-order valence-corrected chi connectivity index (χ0v) is 9.70. The predicted octanol–water partition coefficient (Wildman–Crippen LogP) is -0.882. The normalized spacial score (nSPS) is 32.9. The SMILES string of the molecule is C[C@H]1O[C@@H](n2cc(Cl)c(N)nc2=O)[C@H](O)[C@@H]1O. The summed E-state index contributed by atoms with van der Waals surface area (Å²) in [5.41, 5.74) is 4.67. The first kappa shape index (κ1) is 12.3. The molecule has 7 nitrogen and oxygen atoms in total. The number of halogens is 1. The molecule has 2 heterocycles. The molecule has 1 aliphatic rings. The van der Waals surface area contributed by atoms with Gasteiger partial charge in [-0.25, -0.2) is 4.79 Å². The van der Waals surface area contributed by atoms with Crippen LogP contribution in [0.1, 0.15) is 13.2 Å². The molecule has 0 unspecified atom stereocenters. The van der Waals surface area contributed by atoms with Gasteiger partial charge in [-0.2, -0.15) is 4.98 Å². The number of nitrogen functional groups attached to an aromatic ring is 1. The molecular weight excluding hydrogens is 250 g/mol. The predicted molar refractivity (Wildman–Crippen MR) is 59.5 cm³/mol. The fraction of sp³-hybridized carbons (Fsp3) is 0.556. The summed E-state index contributed by atoms with van der Waals surface area (Å²) < 4.78 is 6.28. The molecule has 0 saturated carbocycles. The molecule has 1 aromatic rings. The summed E-state index contributed by atoms with van der Waals surface area (Å²) in [5.74, 6) is -0.0889. The van der Waals surface area contributed by atoms with Gasteiger partial charge in [-0.1, -0.05) is 11.6 Å². The van der Waals surface area contributed by atoms with Crippen LogP contribution < -0.4 is 11.4 Å². The third kappa shape index (κ3) is 2.02. The van der Waals surface area contributed by atoms with Crippen molar-refractivity contribution in [3.05, 3.63) is 21.7 Å². The minimum Gasteiger partial charge on any atom is -0.388 e. The summed E-state index contributed by atoms with van der Waals surface area (Å²) in [6, 6.07) is 0. The van der Waals surface area contributed by atoms with Gasteiger partial charge >= 0.3 is 5.69 Å². The van der Waals surface area contributed by atoms with E-state index < -0.39 is 30.2 Å². The second kappa shape index (κ2) is 4.26. The van der Waals surface area contributed by atoms with Gasteiger partial charge in [-0.15, -0.1) is 0 Å². The Kier molecular flexibility index (Phi) is 3.09. The number of ether oxygens (including phenoxy) is 1. The Morgan fingerprint density at radius 2 is 2.18 bits per heavy atom. The maximum absolute atomic E-state index is 11.6. The van der Waals surface area contributed by atoms with Crippen LogP contribution in [0.25, 0.3) is 0 Å². The summed E-state index contributed by atoms with van der Waals surface area (Å²) in [6.07, 6.45) is -2.66. The zero-order valence-electron chi connectivity index (χ0n) is 8.95. The average Bonchev–Trinajstić information content (AvgIpc) is 2.51. The number of hydrogen-bond acceptors (Lipinski definition) is 6. The van der Waals surface area contributed by atoms with E-state index in [1.807, 2.05) is 0 Å². The lowest BCUT2D eigenvalue weighted by atomic mass is 10.1. The topological polar surface area (TPSA) is 111 Å². The summed E-state index contributed by atoms with van der Waals surface area (Å²) in [4.78, 5) is 15.1. The Morgan fingerprint density at radius 1 is 1.53 bits per heavy atom. The first-order valence-electron chi connectivity index (χ1n) is 4.97. The highest BCUT2D eigenvalue weighted by atomic mass is 35.5. The number of hydrogen-bond donors (Lipinski definition) is 3. The Morgan fingerprint density at radius 3 is 2.71 bits per heavy atom. The Balaban J connectivity index is 2.42. The summed E-state index contributed by atoms with van der Waals surface area (Å²) >= 11 is 5.74. The van der Waals surface area contributed by atoms with E-state index >= 15 is 0 Å². The number of nitrogens with two attached hydrogens (primary N) is 1. The third-order valence-corrected chi connectivity index (χ3v) is 2.98. The largest absolute Gasteiger partial charge is 0.388 e. The number of rotatable bonds is 1. The van der Waals surface area contributed by atoms with E-state index in [1.54, 1.807) is 6.92 Å². The lowest BCUT2D eigenvalue weighted by Crippen LogP contribution is -2.35. The third-order valence-electron chi connectivity index (χ3n) is 2.69. The monoisotopic (exact) mass is 261 g/mol. The van der Waals surface area contributed by atoms with Crippen molar-refractivity contribution in [2.75, 3.05) is 5.73 Å². The molecule has 2 rings (SSSR count). The first-order chi connectivity index (χ1) is 7.91. The fourth-order valence-electron chi connectivity index (χ4n) is 1.70. The number of aromatic nitrogens is 2. The molecule has 17 heavy (non-hydrogen) atoms. The van der Waals surface area contributed by atoms with E-state index in [9.17, 15) is 15.0 Å². The smallest absolute Gasteiger partial charge is 0.351 e. The number of aliphatic hydroxyl groups is 2. The van der Waals surface area contributed by atoms with Gasteiger partial charge < -0.3 is 20.7 Å². The molecule has 0 aromatic carbocycles. The highest BCUT2D eigenvalue weighted by Crippen LogP contribution is 2.28. The molecule has 4 atom stereocenters. The lowest BCUT2D eigenvalue weighted by molar-refractivity contribution is -0.0349. The van der Waals surface area contributed by atoms with Crippen LogP contribution in [0.15, 0.2) is 11.0 Å². The van der Waals surface area contributed by atoms with Crippen molar-refractivity contribution >= 4 is 17.4 Å². The minimum absolute atomic E-state index is 0.0782. The van der Waals surface area contributed by atoms with Crippen LogP contribution in [-0.2, 0) is 4.74 Å². The zero-order chi connectivity index (χ0) is 12.7. The molecule has 8 heteroatoms. The number of nitrogens with zero attached hydrogens (tertiary/aromatic N) is 2. The van der Waals surface area contributed by atoms with E-state index in [0.717, 1.165) is 4.57 Å². The van der Waals surface area contributed by atoms with Gasteiger partial charge in [0.2, 0.25) is 0 Å². The van der Waals surface area contributed by atoms with Crippen LogP contribution in [0.5, 0.6) is 0 Å². The van der Waals surface area contributed by atoms with Crippen LogP contribution in [0.3, 0.4) is 0 Å². The fourth-order valence-corrected chi connectivity index (χ4v) is 1.84. The van der Waals surface area contributed by atoms with Gasteiger partial charge in [0.15, 0.2) is 6.23 Å². The van der Waals surface area contributed by atoms with E-state index in [0.29, 0.717) is 0 Å². The summed E-state index contributed by atoms with van der Waals surface area (Å²) in [5, 5.41) is 19.4. The molecule has 0 amide bonds. The number of anilines is 1. The van der Waals surface area contributed by atoms with E-state index in [-0.39, 0.29) is 10.8 Å². The molecule has 0 spiro atoms. The van der Waals surface area contributed by atoms with Crippen molar-refractivity contribution in [2.24, 2.45) is 0 Å². The highest BCUT2D eigenvalue weighted by Gasteiger charge is 2.41. The second-order valence-electron chi connectivity index (χ2n) is 3.88. The Labute approximate surface area is 101 Å². The molecule has 1 saturated heterocycles. The van der Waals surface area contributed by atoms with Crippen LogP contribution in [0.4, 0.5) is 5.82 Å². The maximum atomic E-state index is 11.6. The lowest BCUT2D eigenvalue weighted by Gasteiger charge is -2.17. The van der Waals surface area contributed by atoms with Gasteiger partial charge in [0, 0.05) is 6.20 Å². The van der Waals surface area contributed by atoms with Crippen LogP contribution in [0, 0.1) is 0 Å². The molecule has 0 bridgehead atoms. The van der Waals surface area contributed by atoms with Crippen molar-refractivity contribution in [3.8, 4) is 0 Å². The van der Waals surface area contributed by atoms with Crippen LogP contribution in [0.2, 0.25) is 5.02 Å². The van der Waals surface area contributed by atoms with Crippen molar-refractivity contribution in [3.63, 3.8) is 0 Å². The van der Waals surface area contributed by atoms with Gasteiger partial charge in [-0.3, -0.25) is 4.57 Å². The molecule has 1 aliphatic heterocycles. The van der Waals surface area contributed by atoms with Gasteiger partial charge in [-0.05, 0) is 6.92 Å². The molecule has 4 N–H and O–H groups in total. The van der Waals surface area contributed by atoms with Crippen LogP contribution >= 0.6 is 11.6 Å². The second-order valence-corrected chi connectivity index (χ2v) is 4.28. The first-order valence-corrected chi connectivity index (χ1v) is 5.35. The van der Waals surface area contributed by atoms with Crippen molar-refractivity contribution in [1.82, 2.24) is 9.55 Å². The van der Waals surface area contributed by atoms with Gasteiger partial charge in [0.1, 0.15) is 18.0 Å². The maximum Gasteiger partial charge on any atom is 0.351 e. The minimum atomic E-state index is -1.22. The van der Waals surface area contributed by atoms with Gasteiger partial charge in [0.25, 0.3) is 0 Å². The summed E-state index contributed by atoms with van der Waals surface area (Å²) in [6.45, 7) is 1.59. The van der Waals surface area contributed by atoms with E-state index in [2.05, 4.69) is 4.98 Å². The average molecular weight is 262 g/mol. The molecule has 0 radical (unpaired) electrons. The standard InChI is InChI=1S/C9H12ClN3O4/c1-3-5(14)6(15)8(17-3)13-2-4(10)7(11)12-9(13)16/h2-3,5-6,8,14-15H,1H3,(H2,11,12,16)/t3-,5-,6-,8-/m1/s1. The number of aliphatic hydroxyl groups excluding tert-OH is 2. The van der Waals surface area contributed by atoms with Crippen molar-refractivity contribution < 1.29 is 14.9 Å². The van der Waals surface area contributed by atoms with Crippen LogP contribution in [-0.4, -0.2) is 38.1 Å². The molecule has 1 aromatic heterocycles. The molecule has 1 fully saturated rings. The van der Waals surface area contributed by atoms with Crippen molar-refractivity contribution in [1.29, 1.82) is 0 Å². The quantitative estimate of drug-likeness (QED) is 0.605. The molecular formula is C9H12ClN3O4. The molecule has 94 valence electrons. The van der Waals surface area contributed by atoms with E-state index in [1.165, 1.54) is 6.20 Å². The highest BCUT2D eigenvalue weighted by molar-refractivity contribution is 6.32.